The highest BCUT2D eigenvalue weighted by atomic mass is 16.3. The Kier molecular flexibility index (Phi) is 5.22. The van der Waals surface area contributed by atoms with E-state index in [1.807, 2.05) is 0 Å². The molecule has 1 aliphatic rings. The van der Waals surface area contributed by atoms with E-state index >= 15 is 0 Å². The lowest BCUT2D eigenvalue weighted by Crippen LogP contribution is -2.43. The maximum atomic E-state index is 11.6. The number of hydrogen-bond acceptors (Lipinski definition) is 3. The molecule has 0 aliphatic heterocycles. The molecular weight excluding hydrogens is 206 g/mol. The average Bonchev–Trinajstić information content (AvgIpc) is 2.28. The molecule has 0 saturated heterocycles. The molecule has 94 valence electrons. The Bertz CT molecular complexity index is 222. The number of aliphatic hydroxyl groups excluding tert-OH is 1. The zero-order valence-electron chi connectivity index (χ0n) is 10.0. The highest BCUT2D eigenvalue weighted by Crippen LogP contribution is 2.26. The summed E-state index contributed by atoms with van der Waals surface area (Å²) in [5.74, 6) is 0.494. The maximum Gasteiger partial charge on any atom is 0.220 e. The topological polar surface area (TPSA) is 69.6 Å². The van der Waals surface area contributed by atoms with Gasteiger partial charge in [0.25, 0.3) is 0 Å². The van der Waals surface area contributed by atoms with Crippen molar-refractivity contribution in [3.05, 3.63) is 0 Å². The standard InChI is InChI=1S/C12H23NO3/c1-12(16,9-14)8-13-11(15)7-10-5-3-2-4-6-10/h10,14,16H,2-9H2,1H3,(H,13,15). The first-order valence-electron chi connectivity index (χ1n) is 6.13. The molecule has 0 bridgehead atoms. The first kappa shape index (κ1) is 13.5. The number of carbonyl (C=O) groups excluding carboxylic acids is 1. The maximum absolute atomic E-state index is 11.6. The molecule has 1 unspecified atom stereocenters. The first-order valence-corrected chi connectivity index (χ1v) is 6.13. The van der Waals surface area contributed by atoms with Crippen LogP contribution in [-0.4, -0.2) is 34.9 Å². The molecule has 16 heavy (non-hydrogen) atoms. The number of rotatable bonds is 5. The van der Waals surface area contributed by atoms with Crippen molar-refractivity contribution in [2.45, 2.75) is 51.0 Å². The number of carbonyl (C=O) groups is 1. The van der Waals surface area contributed by atoms with Gasteiger partial charge in [0.1, 0.15) is 5.60 Å². The summed E-state index contributed by atoms with van der Waals surface area (Å²) in [4.78, 5) is 11.6. The second-order valence-corrected chi connectivity index (χ2v) is 5.14. The molecule has 0 heterocycles. The van der Waals surface area contributed by atoms with E-state index in [-0.39, 0.29) is 19.1 Å². The Labute approximate surface area is 97.0 Å². The van der Waals surface area contributed by atoms with Crippen LogP contribution in [0.3, 0.4) is 0 Å². The zero-order chi connectivity index (χ0) is 12.0. The van der Waals surface area contributed by atoms with Gasteiger partial charge in [0.15, 0.2) is 0 Å². The lowest BCUT2D eigenvalue weighted by molar-refractivity contribution is -0.123. The predicted molar refractivity (Wildman–Crippen MR) is 61.9 cm³/mol. The van der Waals surface area contributed by atoms with Gasteiger partial charge in [-0.25, -0.2) is 0 Å². The number of aliphatic hydroxyl groups is 2. The fraction of sp³-hybridized carbons (Fsp3) is 0.917. The van der Waals surface area contributed by atoms with Crippen LogP contribution in [0.15, 0.2) is 0 Å². The molecule has 1 aliphatic carbocycles. The van der Waals surface area contributed by atoms with Crippen molar-refractivity contribution in [1.82, 2.24) is 5.32 Å². The second kappa shape index (κ2) is 6.21. The van der Waals surface area contributed by atoms with E-state index in [9.17, 15) is 9.90 Å². The van der Waals surface area contributed by atoms with E-state index in [0.29, 0.717) is 12.3 Å². The zero-order valence-corrected chi connectivity index (χ0v) is 10.0. The van der Waals surface area contributed by atoms with Crippen LogP contribution in [0.25, 0.3) is 0 Å². The molecule has 0 radical (unpaired) electrons. The SMILES string of the molecule is CC(O)(CO)CNC(=O)CC1CCCCC1. The van der Waals surface area contributed by atoms with Crippen LogP contribution in [0.4, 0.5) is 0 Å². The fourth-order valence-corrected chi connectivity index (χ4v) is 2.07. The van der Waals surface area contributed by atoms with Crippen molar-refractivity contribution in [3.8, 4) is 0 Å². The molecule has 0 aromatic carbocycles. The molecule has 1 saturated carbocycles. The van der Waals surface area contributed by atoms with Crippen molar-refractivity contribution in [2.24, 2.45) is 5.92 Å². The van der Waals surface area contributed by atoms with Crippen molar-refractivity contribution in [2.75, 3.05) is 13.2 Å². The smallest absolute Gasteiger partial charge is 0.220 e. The molecular formula is C12H23NO3. The summed E-state index contributed by atoms with van der Waals surface area (Å²) in [5, 5.41) is 21.0. The van der Waals surface area contributed by atoms with Gasteiger partial charge in [0.2, 0.25) is 5.91 Å². The van der Waals surface area contributed by atoms with Gasteiger partial charge in [-0.05, 0) is 25.7 Å². The van der Waals surface area contributed by atoms with Crippen molar-refractivity contribution >= 4 is 5.91 Å². The van der Waals surface area contributed by atoms with Gasteiger partial charge in [-0.1, -0.05) is 19.3 Å². The number of hydrogen-bond donors (Lipinski definition) is 3. The van der Waals surface area contributed by atoms with E-state index in [1.54, 1.807) is 0 Å². The van der Waals surface area contributed by atoms with Crippen molar-refractivity contribution in [1.29, 1.82) is 0 Å². The van der Waals surface area contributed by atoms with Gasteiger partial charge in [0, 0.05) is 13.0 Å². The molecule has 1 rings (SSSR count). The van der Waals surface area contributed by atoms with Gasteiger partial charge >= 0.3 is 0 Å². The van der Waals surface area contributed by atoms with Crippen molar-refractivity contribution < 1.29 is 15.0 Å². The van der Waals surface area contributed by atoms with Crippen LogP contribution >= 0.6 is 0 Å². The monoisotopic (exact) mass is 229 g/mol. The van der Waals surface area contributed by atoms with Crippen molar-refractivity contribution in [3.63, 3.8) is 0 Å². The second-order valence-electron chi connectivity index (χ2n) is 5.14. The third-order valence-corrected chi connectivity index (χ3v) is 3.21. The van der Waals surface area contributed by atoms with Crippen LogP contribution in [0.1, 0.15) is 45.4 Å². The molecule has 3 N–H and O–H groups in total. The summed E-state index contributed by atoms with van der Waals surface area (Å²) < 4.78 is 0. The predicted octanol–water partition coefficient (Wildman–Crippen LogP) is 0.816. The number of nitrogens with one attached hydrogen (secondary N) is 1. The summed E-state index contributed by atoms with van der Waals surface area (Å²) in [6, 6.07) is 0. The van der Waals surface area contributed by atoms with Gasteiger partial charge in [0.05, 0.1) is 6.61 Å². The molecule has 0 aromatic rings. The van der Waals surface area contributed by atoms with Crippen LogP contribution in [0.5, 0.6) is 0 Å². The molecule has 0 spiro atoms. The lowest BCUT2D eigenvalue weighted by atomic mass is 9.87. The fourth-order valence-electron chi connectivity index (χ4n) is 2.07. The van der Waals surface area contributed by atoms with Gasteiger partial charge in [-0.3, -0.25) is 4.79 Å². The quantitative estimate of drug-likeness (QED) is 0.653. The third kappa shape index (κ3) is 4.94. The summed E-state index contributed by atoms with van der Waals surface area (Å²) in [5.41, 5.74) is -1.21. The Morgan fingerprint density at radius 2 is 2.00 bits per heavy atom. The lowest BCUT2D eigenvalue weighted by Gasteiger charge is -2.23. The summed E-state index contributed by atoms with van der Waals surface area (Å²) in [6.45, 7) is 1.29. The van der Waals surface area contributed by atoms with E-state index in [2.05, 4.69) is 5.32 Å². The van der Waals surface area contributed by atoms with E-state index < -0.39 is 5.60 Å². The average molecular weight is 229 g/mol. The highest BCUT2D eigenvalue weighted by molar-refractivity contribution is 5.76. The minimum atomic E-state index is -1.21. The Morgan fingerprint density at radius 1 is 1.38 bits per heavy atom. The number of amides is 1. The molecule has 4 heteroatoms. The highest BCUT2D eigenvalue weighted by Gasteiger charge is 2.21. The molecule has 1 fully saturated rings. The Morgan fingerprint density at radius 3 is 2.56 bits per heavy atom. The minimum Gasteiger partial charge on any atom is -0.393 e. The summed E-state index contributed by atoms with van der Waals surface area (Å²) in [7, 11) is 0. The normalized spacial score (nSPS) is 21.4. The Balaban J connectivity index is 2.19. The van der Waals surface area contributed by atoms with E-state index in [1.165, 1.54) is 26.2 Å². The van der Waals surface area contributed by atoms with E-state index in [4.69, 9.17) is 5.11 Å². The Hall–Kier alpha value is -0.610. The van der Waals surface area contributed by atoms with Crippen LogP contribution in [0.2, 0.25) is 0 Å². The first-order chi connectivity index (χ1) is 7.53. The van der Waals surface area contributed by atoms with Crippen LogP contribution in [0, 0.1) is 5.92 Å². The van der Waals surface area contributed by atoms with Gasteiger partial charge in [-0.2, -0.15) is 0 Å². The molecule has 4 nitrogen and oxygen atoms in total. The summed E-state index contributed by atoms with van der Waals surface area (Å²) >= 11 is 0. The largest absolute Gasteiger partial charge is 0.393 e. The van der Waals surface area contributed by atoms with Gasteiger partial charge in [-0.15, -0.1) is 0 Å². The molecule has 1 amide bonds. The van der Waals surface area contributed by atoms with Crippen LogP contribution < -0.4 is 5.32 Å². The van der Waals surface area contributed by atoms with E-state index in [0.717, 1.165) is 12.8 Å². The summed E-state index contributed by atoms with van der Waals surface area (Å²) in [6.07, 6.45) is 6.59. The van der Waals surface area contributed by atoms with Crippen LogP contribution in [-0.2, 0) is 4.79 Å². The molecule has 0 aromatic heterocycles. The third-order valence-electron chi connectivity index (χ3n) is 3.21. The molecule has 1 atom stereocenters. The van der Waals surface area contributed by atoms with Gasteiger partial charge < -0.3 is 15.5 Å². The minimum absolute atomic E-state index is 0.0133.